The van der Waals surface area contributed by atoms with Crippen LogP contribution in [0.25, 0.3) is 0 Å². The third-order valence-corrected chi connectivity index (χ3v) is 4.64. The van der Waals surface area contributed by atoms with Crippen LogP contribution in [-0.2, 0) is 9.59 Å². The van der Waals surface area contributed by atoms with E-state index in [1.807, 2.05) is 0 Å². The van der Waals surface area contributed by atoms with Crippen LogP contribution in [0.4, 0.5) is 11.4 Å². The maximum absolute atomic E-state index is 13.1. The molecule has 0 aliphatic heterocycles. The highest BCUT2D eigenvalue weighted by atomic mass is 35.5. The van der Waals surface area contributed by atoms with Crippen LogP contribution in [0.2, 0.25) is 0 Å². The maximum Gasteiger partial charge on any atom is 0.225 e. The van der Waals surface area contributed by atoms with Gasteiger partial charge in [-0.25, -0.2) is 0 Å². The Morgan fingerprint density at radius 3 is 1.46 bits per heavy atom. The molecule has 0 bridgehead atoms. The Bertz CT molecular complexity index is 909. The fourth-order valence-electron chi connectivity index (χ4n) is 3.05. The van der Waals surface area contributed by atoms with E-state index in [2.05, 4.69) is 10.6 Å². The van der Waals surface area contributed by atoms with Gasteiger partial charge in [0.1, 0.15) is 0 Å². The molecule has 0 atom stereocenters. The number of anilines is 2. The van der Waals surface area contributed by atoms with E-state index in [1.54, 1.807) is 24.3 Å². The van der Waals surface area contributed by atoms with Crippen molar-refractivity contribution in [2.75, 3.05) is 22.4 Å². The number of rotatable bonds is 6. The van der Waals surface area contributed by atoms with Crippen LogP contribution in [0.15, 0.2) is 36.4 Å². The second kappa shape index (κ2) is 8.54. The van der Waals surface area contributed by atoms with E-state index in [1.165, 1.54) is 12.1 Å². The highest BCUT2D eigenvalue weighted by Crippen LogP contribution is 2.35. The topological polar surface area (TPSA) is 92.3 Å². The number of amides is 2. The van der Waals surface area contributed by atoms with Crippen LogP contribution in [-0.4, -0.2) is 35.1 Å². The molecule has 0 aromatic heterocycles. The van der Waals surface area contributed by atoms with Crippen molar-refractivity contribution in [1.29, 1.82) is 0 Å². The van der Waals surface area contributed by atoms with Crippen molar-refractivity contribution < 1.29 is 19.2 Å². The van der Waals surface area contributed by atoms with E-state index in [0.29, 0.717) is 0 Å². The molecular formula is C20H16Cl2N2O4. The number of alkyl halides is 2. The van der Waals surface area contributed by atoms with E-state index in [4.69, 9.17) is 23.2 Å². The van der Waals surface area contributed by atoms with Gasteiger partial charge in [-0.1, -0.05) is 24.3 Å². The average Bonchev–Trinajstić information content (AvgIpc) is 2.66. The Labute approximate surface area is 171 Å². The van der Waals surface area contributed by atoms with Crippen LogP contribution in [0.1, 0.15) is 44.7 Å². The Morgan fingerprint density at radius 1 is 0.714 bits per heavy atom. The summed E-state index contributed by atoms with van der Waals surface area (Å²) in [4.78, 5) is 50.1. The van der Waals surface area contributed by atoms with Crippen molar-refractivity contribution in [3.05, 3.63) is 58.7 Å². The van der Waals surface area contributed by atoms with Crippen LogP contribution < -0.4 is 10.6 Å². The predicted molar refractivity (Wildman–Crippen MR) is 108 cm³/mol. The lowest BCUT2D eigenvalue weighted by molar-refractivity contribution is -0.116. The molecule has 1 aliphatic carbocycles. The predicted octanol–water partition coefficient (Wildman–Crippen LogP) is 3.60. The fourth-order valence-corrected chi connectivity index (χ4v) is 3.39. The second-order valence-electron chi connectivity index (χ2n) is 6.09. The third-order valence-electron chi connectivity index (χ3n) is 4.26. The summed E-state index contributed by atoms with van der Waals surface area (Å²) >= 11 is 11.2. The summed E-state index contributed by atoms with van der Waals surface area (Å²) in [5.74, 6) is -1.23. The van der Waals surface area contributed by atoms with Gasteiger partial charge < -0.3 is 10.6 Å². The van der Waals surface area contributed by atoms with Crippen molar-refractivity contribution in [1.82, 2.24) is 0 Å². The molecule has 2 N–H and O–H groups in total. The van der Waals surface area contributed by atoms with Gasteiger partial charge in [-0.3, -0.25) is 19.2 Å². The highest BCUT2D eigenvalue weighted by Gasteiger charge is 2.34. The smallest absolute Gasteiger partial charge is 0.225 e. The number of halogens is 2. The molecule has 2 amide bonds. The molecular weight excluding hydrogens is 403 g/mol. The Balaban J connectivity index is 2.06. The first-order valence-corrected chi connectivity index (χ1v) is 9.62. The number of fused-ring (bicyclic) bond motifs is 2. The molecule has 3 rings (SSSR count). The van der Waals surface area contributed by atoms with Crippen molar-refractivity contribution >= 4 is 58.0 Å². The lowest BCUT2D eigenvalue weighted by atomic mass is 9.82. The summed E-state index contributed by atoms with van der Waals surface area (Å²) in [5.41, 5.74) is 1.11. The molecule has 28 heavy (non-hydrogen) atoms. The first kappa shape index (κ1) is 20.0. The summed E-state index contributed by atoms with van der Waals surface area (Å²) in [5, 5.41) is 5.27. The van der Waals surface area contributed by atoms with E-state index in [0.717, 1.165) is 0 Å². The largest absolute Gasteiger partial charge is 0.325 e. The first-order chi connectivity index (χ1) is 13.5. The van der Waals surface area contributed by atoms with Crippen LogP contribution in [0.5, 0.6) is 0 Å². The van der Waals surface area contributed by atoms with Crippen LogP contribution in [0.3, 0.4) is 0 Å². The number of benzene rings is 2. The van der Waals surface area contributed by atoms with E-state index in [-0.39, 0.29) is 70.0 Å². The van der Waals surface area contributed by atoms with Crippen molar-refractivity contribution in [2.45, 2.75) is 12.8 Å². The summed E-state index contributed by atoms with van der Waals surface area (Å²) in [6.45, 7) is 0. The van der Waals surface area contributed by atoms with Gasteiger partial charge in [0.2, 0.25) is 11.8 Å². The van der Waals surface area contributed by atoms with Gasteiger partial charge in [0, 0.05) is 35.7 Å². The minimum Gasteiger partial charge on any atom is -0.325 e. The third kappa shape index (κ3) is 3.79. The molecule has 0 fully saturated rings. The summed E-state index contributed by atoms with van der Waals surface area (Å²) < 4.78 is 0. The number of hydrogen-bond acceptors (Lipinski definition) is 4. The lowest BCUT2D eigenvalue weighted by Crippen LogP contribution is -2.26. The molecule has 0 spiro atoms. The van der Waals surface area contributed by atoms with Gasteiger partial charge in [0.15, 0.2) is 11.6 Å². The van der Waals surface area contributed by atoms with Crippen molar-refractivity contribution in [2.24, 2.45) is 0 Å². The highest BCUT2D eigenvalue weighted by molar-refractivity contribution is 6.32. The molecule has 0 unspecified atom stereocenters. The zero-order valence-corrected chi connectivity index (χ0v) is 16.2. The molecule has 0 heterocycles. The first-order valence-electron chi connectivity index (χ1n) is 8.55. The summed E-state index contributed by atoms with van der Waals surface area (Å²) in [6, 6.07) is 9.33. The average molecular weight is 419 g/mol. The number of carbonyl (C=O) groups is 4. The van der Waals surface area contributed by atoms with E-state index in [9.17, 15) is 19.2 Å². The van der Waals surface area contributed by atoms with E-state index < -0.39 is 11.6 Å². The van der Waals surface area contributed by atoms with Gasteiger partial charge >= 0.3 is 0 Å². The quantitative estimate of drug-likeness (QED) is 0.598. The molecule has 0 saturated carbocycles. The number of nitrogens with one attached hydrogen (secondary N) is 2. The zero-order valence-electron chi connectivity index (χ0n) is 14.7. The SMILES string of the molecule is O=C(CCCl)Nc1cccc2c1C(=O)c1cccc(NC(=O)CCCl)c1C2=O. The Hall–Kier alpha value is -2.70. The minimum absolute atomic E-state index is 0.0840. The van der Waals surface area contributed by atoms with Crippen molar-refractivity contribution in [3.8, 4) is 0 Å². The number of carbonyl (C=O) groups excluding carboxylic acids is 4. The van der Waals surface area contributed by atoms with Crippen LogP contribution in [0, 0.1) is 0 Å². The van der Waals surface area contributed by atoms with Gasteiger partial charge in [-0.2, -0.15) is 0 Å². The molecule has 8 heteroatoms. The zero-order chi connectivity index (χ0) is 20.3. The number of ketones is 2. The van der Waals surface area contributed by atoms with Gasteiger partial charge in [-0.05, 0) is 12.1 Å². The Kier molecular flexibility index (Phi) is 6.11. The normalized spacial score (nSPS) is 12.2. The summed E-state index contributed by atoms with van der Waals surface area (Å²) in [6.07, 6.45) is 0.168. The lowest BCUT2D eigenvalue weighted by Gasteiger charge is -2.22. The fraction of sp³-hybridized carbons (Fsp3) is 0.200. The number of hydrogen-bond donors (Lipinski definition) is 2. The molecule has 144 valence electrons. The summed E-state index contributed by atoms with van der Waals surface area (Å²) in [7, 11) is 0. The molecule has 1 aliphatic rings. The van der Waals surface area contributed by atoms with Gasteiger partial charge in [-0.15, -0.1) is 23.2 Å². The van der Waals surface area contributed by atoms with Crippen LogP contribution >= 0.6 is 23.2 Å². The molecule has 0 radical (unpaired) electrons. The van der Waals surface area contributed by atoms with Crippen molar-refractivity contribution in [3.63, 3.8) is 0 Å². The minimum atomic E-state index is -0.403. The molecule has 2 aromatic carbocycles. The van der Waals surface area contributed by atoms with Gasteiger partial charge in [0.05, 0.1) is 22.5 Å². The maximum atomic E-state index is 13.1. The molecule has 2 aromatic rings. The van der Waals surface area contributed by atoms with Gasteiger partial charge in [0.25, 0.3) is 0 Å². The standard InChI is InChI=1S/C20H16Cl2N2O4/c21-9-7-15(25)23-13-5-1-3-11-17(13)20(28)12-4-2-6-14(18(12)19(11)27)24-16(26)8-10-22/h1-6H,7-10H2,(H,23,25)(H,24,26). The monoisotopic (exact) mass is 418 g/mol. The second-order valence-corrected chi connectivity index (χ2v) is 6.84. The molecule has 6 nitrogen and oxygen atoms in total. The Morgan fingerprint density at radius 2 is 1.11 bits per heavy atom. The van der Waals surface area contributed by atoms with E-state index >= 15 is 0 Å². The molecule has 0 saturated heterocycles.